The zero-order valence-corrected chi connectivity index (χ0v) is 14.4. The number of benzene rings is 1. The molecule has 0 aromatic heterocycles. The molecule has 1 aromatic rings. The Bertz CT molecular complexity index is 556. The Kier molecular flexibility index (Phi) is 6.99. The molecular formula is C14H23NO4S2. The van der Waals surface area contributed by atoms with Gasteiger partial charge < -0.3 is 9.84 Å². The molecule has 2 atom stereocenters. The molecule has 0 radical (unpaired) electrons. The fourth-order valence-corrected chi connectivity index (χ4v) is 4.01. The third-order valence-corrected chi connectivity index (χ3v) is 5.86. The molecule has 0 amide bonds. The van der Waals surface area contributed by atoms with E-state index in [0.717, 1.165) is 5.56 Å². The number of nitrogens with one attached hydrogen (secondary N) is 1. The first-order valence-electron chi connectivity index (χ1n) is 6.75. The number of aliphatic hydroxyl groups is 1. The Balaban J connectivity index is 2.95. The van der Waals surface area contributed by atoms with Gasteiger partial charge >= 0.3 is 0 Å². The molecule has 0 bridgehead atoms. The van der Waals surface area contributed by atoms with E-state index < -0.39 is 10.0 Å². The van der Waals surface area contributed by atoms with Crippen molar-refractivity contribution in [1.29, 1.82) is 0 Å². The van der Waals surface area contributed by atoms with E-state index in [0.29, 0.717) is 12.4 Å². The number of aliphatic hydroxyl groups excluding tert-OH is 1. The minimum absolute atomic E-state index is 0.0762. The molecule has 1 rings (SSSR count). The van der Waals surface area contributed by atoms with Gasteiger partial charge in [-0.1, -0.05) is 0 Å². The monoisotopic (exact) mass is 333 g/mol. The first-order chi connectivity index (χ1) is 9.85. The Labute approximate surface area is 131 Å². The first kappa shape index (κ1) is 18.3. The van der Waals surface area contributed by atoms with Crippen LogP contribution in [0.15, 0.2) is 23.1 Å². The van der Waals surface area contributed by atoms with Gasteiger partial charge in [0.2, 0.25) is 10.0 Å². The van der Waals surface area contributed by atoms with Crippen molar-refractivity contribution in [3.05, 3.63) is 23.8 Å². The maximum Gasteiger partial charge on any atom is 0.240 e. The fourth-order valence-electron chi connectivity index (χ4n) is 1.93. The van der Waals surface area contributed by atoms with E-state index >= 15 is 0 Å². The SMILES string of the molecule is CCOc1ccc(S(=O)(=O)NC(C)C(CO)SC)cc1C. The van der Waals surface area contributed by atoms with Gasteiger partial charge in [-0.3, -0.25) is 0 Å². The van der Waals surface area contributed by atoms with E-state index in [2.05, 4.69) is 4.72 Å². The molecular weight excluding hydrogens is 310 g/mol. The Morgan fingerprint density at radius 2 is 2.10 bits per heavy atom. The summed E-state index contributed by atoms with van der Waals surface area (Å²) in [5, 5.41) is 9.05. The highest BCUT2D eigenvalue weighted by atomic mass is 32.2. The normalized spacial score (nSPS) is 14.7. The second-order valence-corrected chi connectivity index (χ2v) is 7.52. The van der Waals surface area contributed by atoms with Gasteiger partial charge in [-0.25, -0.2) is 13.1 Å². The van der Waals surface area contributed by atoms with Crippen molar-refractivity contribution >= 4 is 21.8 Å². The van der Waals surface area contributed by atoms with Crippen LogP contribution in [-0.2, 0) is 10.0 Å². The number of thioether (sulfide) groups is 1. The van der Waals surface area contributed by atoms with Crippen molar-refractivity contribution in [3.63, 3.8) is 0 Å². The highest BCUT2D eigenvalue weighted by molar-refractivity contribution is 7.99. The van der Waals surface area contributed by atoms with Crippen LogP contribution < -0.4 is 9.46 Å². The largest absolute Gasteiger partial charge is 0.494 e. The fraction of sp³-hybridized carbons (Fsp3) is 0.571. The van der Waals surface area contributed by atoms with Gasteiger partial charge in [0.25, 0.3) is 0 Å². The Morgan fingerprint density at radius 3 is 2.57 bits per heavy atom. The smallest absolute Gasteiger partial charge is 0.240 e. The average Bonchev–Trinajstić information content (AvgIpc) is 2.42. The predicted molar refractivity (Wildman–Crippen MR) is 86.5 cm³/mol. The van der Waals surface area contributed by atoms with Crippen LogP contribution in [0.2, 0.25) is 0 Å². The van der Waals surface area contributed by atoms with E-state index in [1.807, 2.05) is 20.1 Å². The molecule has 0 aliphatic carbocycles. The molecule has 0 heterocycles. The molecule has 2 unspecified atom stereocenters. The van der Waals surface area contributed by atoms with E-state index in [1.165, 1.54) is 17.8 Å². The number of sulfonamides is 1. The van der Waals surface area contributed by atoms with Gasteiger partial charge in [0, 0.05) is 11.3 Å². The van der Waals surface area contributed by atoms with E-state index in [-0.39, 0.29) is 22.8 Å². The van der Waals surface area contributed by atoms with Crippen LogP contribution in [0.3, 0.4) is 0 Å². The molecule has 0 fully saturated rings. The third kappa shape index (κ3) is 4.88. The highest BCUT2D eigenvalue weighted by Gasteiger charge is 2.23. The van der Waals surface area contributed by atoms with Crippen molar-refractivity contribution in [2.24, 2.45) is 0 Å². The van der Waals surface area contributed by atoms with Crippen LogP contribution in [0, 0.1) is 6.92 Å². The molecule has 0 spiro atoms. The van der Waals surface area contributed by atoms with E-state index in [4.69, 9.17) is 4.74 Å². The lowest BCUT2D eigenvalue weighted by atomic mass is 10.2. The highest BCUT2D eigenvalue weighted by Crippen LogP contribution is 2.22. The quantitative estimate of drug-likeness (QED) is 0.758. The summed E-state index contributed by atoms with van der Waals surface area (Å²) in [5.41, 5.74) is 0.774. The molecule has 5 nitrogen and oxygen atoms in total. The van der Waals surface area contributed by atoms with E-state index in [9.17, 15) is 13.5 Å². The van der Waals surface area contributed by atoms with Crippen molar-refractivity contribution in [3.8, 4) is 5.75 Å². The zero-order chi connectivity index (χ0) is 16.0. The van der Waals surface area contributed by atoms with Gasteiger partial charge in [-0.2, -0.15) is 11.8 Å². The van der Waals surface area contributed by atoms with Crippen LogP contribution >= 0.6 is 11.8 Å². The van der Waals surface area contributed by atoms with Crippen LogP contribution in [-0.4, -0.2) is 44.3 Å². The second kappa shape index (κ2) is 8.03. The van der Waals surface area contributed by atoms with E-state index in [1.54, 1.807) is 19.1 Å². The number of ether oxygens (including phenoxy) is 1. The molecule has 21 heavy (non-hydrogen) atoms. The Hall–Kier alpha value is -0.760. The number of hydrogen-bond acceptors (Lipinski definition) is 5. The van der Waals surface area contributed by atoms with Crippen molar-refractivity contribution in [2.75, 3.05) is 19.5 Å². The molecule has 0 aliphatic rings. The molecule has 7 heteroatoms. The standard InChI is InChI=1S/C14H23NO4S2/c1-5-19-13-7-6-12(8-10(13)2)21(17,18)15-11(3)14(9-16)20-4/h6-8,11,14-16H,5,9H2,1-4H3. The summed E-state index contributed by atoms with van der Waals surface area (Å²) in [6, 6.07) is 4.42. The maximum atomic E-state index is 12.4. The van der Waals surface area contributed by atoms with Gasteiger partial charge in [-0.05, 0) is 50.8 Å². The molecule has 0 saturated carbocycles. The molecule has 1 aromatic carbocycles. The number of hydrogen-bond donors (Lipinski definition) is 2. The lowest BCUT2D eigenvalue weighted by Gasteiger charge is -2.21. The van der Waals surface area contributed by atoms with Crippen molar-refractivity contribution in [2.45, 2.75) is 37.0 Å². The number of rotatable bonds is 8. The third-order valence-electron chi connectivity index (χ3n) is 3.14. The number of aryl methyl sites for hydroxylation is 1. The lowest BCUT2D eigenvalue weighted by Crippen LogP contribution is -2.41. The molecule has 120 valence electrons. The topological polar surface area (TPSA) is 75.6 Å². The summed E-state index contributed by atoms with van der Waals surface area (Å²) in [5.74, 6) is 0.682. The van der Waals surface area contributed by atoms with Crippen molar-refractivity contribution < 1.29 is 18.3 Å². The molecule has 2 N–H and O–H groups in total. The average molecular weight is 333 g/mol. The summed E-state index contributed by atoms with van der Waals surface area (Å²) in [7, 11) is -3.61. The summed E-state index contributed by atoms with van der Waals surface area (Å²) < 4.78 is 32.7. The van der Waals surface area contributed by atoms with Gasteiger partial charge in [0.1, 0.15) is 5.75 Å². The van der Waals surface area contributed by atoms with Crippen LogP contribution in [0.1, 0.15) is 19.4 Å². The predicted octanol–water partition coefficient (Wildman–Crippen LogP) is 1.78. The minimum atomic E-state index is -3.61. The van der Waals surface area contributed by atoms with Gasteiger partial charge in [0.05, 0.1) is 18.1 Å². The Morgan fingerprint density at radius 1 is 1.43 bits per heavy atom. The second-order valence-electron chi connectivity index (χ2n) is 4.73. The van der Waals surface area contributed by atoms with Crippen LogP contribution in [0.25, 0.3) is 0 Å². The first-order valence-corrected chi connectivity index (χ1v) is 9.52. The summed E-state index contributed by atoms with van der Waals surface area (Å²) in [6.07, 6.45) is 1.84. The lowest BCUT2D eigenvalue weighted by molar-refractivity contribution is 0.282. The molecule has 0 saturated heterocycles. The summed E-state index contributed by atoms with van der Waals surface area (Å²) in [6.45, 7) is 5.90. The molecule has 0 aliphatic heterocycles. The minimum Gasteiger partial charge on any atom is -0.494 e. The summed E-state index contributed by atoms with van der Waals surface area (Å²) in [4.78, 5) is 0.202. The zero-order valence-electron chi connectivity index (χ0n) is 12.8. The summed E-state index contributed by atoms with van der Waals surface area (Å²) >= 11 is 1.43. The maximum absolute atomic E-state index is 12.4. The van der Waals surface area contributed by atoms with Gasteiger partial charge in [0.15, 0.2) is 0 Å². The van der Waals surface area contributed by atoms with Crippen molar-refractivity contribution in [1.82, 2.24) is 4.72 Å². The van der Waals surface area contributed by atoms with Crippen LogP contribution in [0.4, 0.5) is 0 Å². The van der Waals surface area contributed by atoms with Gasteiger partial charge in [-0.15, -0.1) is 0 Å². The van der Waals surface area contributed by atoms with Crippen LogP contribution in [0.5, 0.6) is 5.75 Å².